The van der Waals surface area contributed by atoms with Gasteiger partial charge in [0.25, 0.3) is 5.91 Å². The highest BCUT2D eigenvalue weighted by Crippen LogP contribution is 2.41. The van der Waals surface area contributed by atoms with Crippen molar-refractivity contribution >= 4 is 11.8 Å². The molecule has 27 heavy (non-hydrogen) atoms. The lowest BCUT2D eigenvalue weighted by Gasteiger charge is -2.39. The van der Waals surface area contributed by atoms with Crippen LogP contribution in [0.5, 0.6) is 0 Å². The minimum absolute atomic E-state index is 0.0403. The van der Waals surface area contributed by atoms with Crippen molar-refractivity contribution < 1.29 is 14.0 Å². The maximum atomic E-state index is 14.0. The van der Waals surface area contributed by atoms with E-state index in [0.717, 1.165) is 12.8 Å². The van der Waals surface area contributed by atoms with E-state index in [1.54, 1.807) is 52.5 Å². The molecule has 4 rings (SSSR count). The number of halogens is 1. The largest absolute Gasteiger partial charge is 0.338 e. The Morgan fingerprint density at radius 2 is 2.00 bits per heavy atom. The second-order valence-electron chi connectivity index (χ2n) is 7.42. The Morgan fingerprint density at radius 1 is 1.15 bits per heavy atom. The van der Waals surface area contributed by atoms with Crippen molar-refractivity contribution in [2.45, 2.75) is 25.8 Å². The molecule has 1 spiro atoms. The molecule has 0 saturated carbocycles. The van der Waals surface area contributed by atoms with Gasteiger partial charge in [0, 0.05) is 44.1 Å². The molecule has 0 bridgehead atoms. The van der Waals surface area contributed by atoms with Crippen LogP contribution in [-0.2, 0) is 11.3 Å². The number of amides is 2. The summed E-state index contributed by atoms with van der Waals surface area (Å²) >= 11 is 0. The zero-order valence-electron chi connectivity index (χ0n) is 15.1. The van der Waals surface area contributed by atoms with Gasteiger partial charge in [0.1, 0.15) is 5.82 Å². The maximum Gasteiger partial charge on any atom is 0.255 e. The highest BCUT2D eigenvalue weighted by atomic mass is 19.1. The normalized spacial score (nSPS) is 22.5. The summed E-state index contributed by atoms with van der Waals surface area (Å²) in [6, 6.07) is 10.1. The van der Waals surface area contributed by atoms with Crippen LogP contribution in [0.25, 0.3) is 0 Å². The molecule has 5 nitrogen and oxygen atoms in total. The summed E-state index contributed by atoms with van der Waals surface area (Å²) in [6.07, 6.45) is 5.49. The number of likely N-dealkylation sites (tertiary alicyclic amines) is 2. The van der Waals surface area contributed by atoms with Crippen molar-refractivity contribution in [2.75, 3.05) is 19.6 Å². The van der Waals surface area contributed by atoms with Crippen molar-refractivity contribution in [2.24, 2.45) is 5.41 Å². The Balaban J connectivity index is 1.49. The van der Waals surface area contributed by atoms with Gasteiger partial charge in [0.2, 0.25) is 5.91 Å². The average Bonchev–Trinajstić information content (AvgIpc) is 3.12. The van der Waals surface area contributed by atoms with E-state index in [1.807, 2.05) is 0 Å². The summed E-state index contributed by atoms with van der Waals surface area (Å²) in [5.41, 5.74) is 0.534. The van der Waals surface area contributed by atoms with E-state index in [0.29, 0.717) is 37.2 Å². The lowest BCUT2D eigenvalue weighted by atomic mass is 9.78. The van der Waals surface area contributed by atoms with E-state index in [1.165, 1.54) is 6.07 Å². The van der Waals surface area contributed by atoms with E-state index in [2.05, 4.69) is 4.98 Å². The lowest BCUT2D eigenvalue weighted by molar-refractivity contribution is -0.146. The molecule has 1 atom stereocenters. The number of nitrogens with zero attached hydrogens (tertiary/aromatic N) is 3. The zero-order chi connectivity index (χ0) is 18.9. The van der Waals surface area contributed by atoms with Crippen LogP contribution in [0.4, 0.5) is 4.39 Å². The van der Waals surface area contributed by atoms with Gasteiger partial charge in [0.15, 0.2) is 0 Å². The molecule has 2 amide bonds. The second kappa shape index (κ2) is 7.10. The number of carbonyl (C=O) groups excluding carboxylic acids is 2. The number of carbonyl (C=O) groups is 2. The number of aromatic nitrogens is 1. The van der Waals surface area contributed by atoms with Crippen molar-refractivity contribution in [1.82, 2.24) is 14.8 Å². The highest BCUT2D eigenvalue weighted by Gasteiger charge is 2.49. The first-order valence-corrected chi connectivity index (χ1v) is 9.31. The third-order valence-electron chi connectivity index (χ3n) is 5.69. The van der Waals surface area contributed by atoms with Crippen LogP contribution >= 0.6 is 0 Å². The van der Waals surface area contributed by atoms with Crippen LogP contribution in [0, 0.1) is 11.2 Å². The molecule has 2 aliphatic heterocycles. The molecule has 1 unspecified atom stereocenters. The number of benzene rings is 1. The highest BCUT2D eigenvalue weighted by molar-refractivity contribution is 5.95. The third kappa shape index (κ3) is 3.31. The number of piperidine rings is 1. The Hall–Kier alpha value is -2.76. The van der Waals surface area contributed by atoms with E-state index in [9.17, 15) is 14.0 Å². The summed E-state index contributed by atoms with van der Waals surface area (Å²) in [7, 11) is 0. The minimum Gasteiger partial charge on any atom is -0.338 e. The van der Waals surface area contributed by atoms with Gasteiger partial charge < -0.3 is 9.80 Å². The summed E-state index contributed by atoms with van der Waals surface area (Å²) in [4.78, 5) is 33.4. The van der Waals surface area contributed by atoms with E-state index in [-0.39, 0.29) is 24.2 Å². The fourth-order valence-electron chi connectivity index (χ4n) is 4.23. The minimum atomic E-state index is -0.540. The molecule has 2 fully saturated rings. The Labute approximate surface area is 157 Å². The molecule has 1 aromatic carbocycles. The van der Waals surface area contributed by atoms with Gasteiger partial charge in [-0.05, 0) is 37.5 Å². The van der Waals surface area contributed by atoms with Crippen molar-refractivity contribution in [3.8, 4) is 0 Å². The number of hydrogen-bond acceptors (Lipinski definition) is 3. The second-order valence-corrected chi connectivity index (χ2v) is 7.42. The molecule has 0 radical (unpaired) electrons. The number of rotatable bonds is 3. The standard InChI is InChI=1S/C21H22FN3O2/c22-18-7-2-1-5-17(18)14-24-11-4-8-21(20(24)27)9-12-25(15-21)19(26)16-6-3-10-23-13-16/h1-3,5-7,10,13H,4,8-9,11-12,14-15H2. The molecule has 2 aliphatic rings. The van der Waals surface area contributed by atoms with Crippen LogP contribution < -0.4 is 0 Å². The fraction of sp³-hybridized carbons (Fsp3) is 0.381. The van der Waals surface area contributed by atoms with Crippen LogP contribution in [0.2, 0.25) is 0 Å². The fourth-order valence-corrected chi connectivity index (χ4v) is 4.23. The van der Waals surface area contributed by atoms with Crippen LogP contribution in [-0.4, -0.2) is 46.2 Å². The molecule has 6 heteroatoms. The summed E-state index contributed by atoms with van der Waals surface area (Å²) in [5, 5.41) is 0. The predicted molar refractivity (Wildman–Crippen MR) is 98.2 cm³/mol. The van der Waals surface area contributed by atoms with Gasteiger partial charge in [-0.3, -0.25) is 14.6 Å². The van der Waals surface area contributed by atoms with E-state index in [4.69, 9.17) is 0 Å². The Morgan fingerprint density at radius 3 is 2.78 bits per heavy atom. The molecule has 2 aromatic rings. The molecule has 2 saturated heterocycles. The van der Waals surface area contributed by atoms with Gasteiger partial charge in [-0.2, -0.15) is 0 Å². The lowest BCUT2D eigenvalue weighted by Crippen LogP contribution is -2.50. The smallest absolute Gasteiger partial charge is 0.255 e. The van der Waals surface area contributed by atoms with Gasteiger partial charge in [-0.1, -0.05) is 18.2 Å². The van der Waals surface area contributed by atoms with Crippen molar-refractivity contribution in [3.05, 3.63) is 65.7 Å². The Kier molecular flexibility index (Phi) is 4.64. The molecular weight excluding hydrogens is 345 g/mol. The molecule has 0 aliphatic carbocycles. The molecule has 0 N–H and O–H groups in total. The van der Waals surface area contributed by atoms with Crippen LogP contribution in [0.15, 0.2) is 48.8 Å². The predicted octanol–water partition coefficient (Wildman–Crippen LogP) is 2.88. The number of pyridine rings is 1. The topological polar surface area (TPSA) is 53.5 Å². The quantitative estimate of drug-likeness (QED) is 0.838. The zero-order valence-corrected chi connectivity index (χ0v) is 15.1. The van der Waals surface area contributed by atoms with Crippen molar-refractivity contribution in [1.29, 1.82) is 0 Å². The first kappa shape index (κ1) is 17.6. The van der Waals surface area contributed by atoms with Gasteiger partial charge in [-0.15, -0.1) is 0 Å². The Bertz CT molecular complexity index is 858. The van der Waals surface area contributed by atoms with Crippen LogP contribution in [0.1, 0.15) is 35.2 Å². The van der Waals surface area contributed by atoms with Crippen LogP contribution in [0.3, 0.4) is 0 Å². The van der Waals surface area contributed by atoms with Crippen molar-refractivity contribution in [3.63, 3.8) is 0 Å². The van der Waals surface area contributed by atoms with Gasteiger partial charge >= 0.3 is 0 Å². The molecule has 140 valence electrons. The summed E-state index contributed by atoms with van der Waals surface area (Å²) in [5.74, 6) is -0.331. The first-order chi connectivity index (χ1) is 13.1. The summed E-state index contributed by atoms with van der Waals surface area (Å²) < 4.78 is 14.0. The SMILES string of the molecule is O=C(c1cccnc1)N1CCC2(CCCN(Cc3ccccc3F)C2=O)C1. The van der Waals surface area contributed by atoms with E-state index < -0.39 is 5.41 Å². The average molecular weight is 367 g/mol. The summed E-state index contributed by atoms with van der Waals surface area (Å²) in [6.45, 7) is 1.90. The number of hydrogen-bond donors (Lipinski definition) is 0. The molecule has 3 heterocycles. The third-order valence-corrected chi connectivity index (χ3v) is 5.69. The molecular formula is C21H22FN3O2. The first-order valence-electron chi connectivity index (χ1n) is 9.31. The monoisotopic (exact) mass is 367 g/mol. The maximum absolute atomic E-state index is 14.0. The van der Waals surface area contributed by atoms with Gasteiger partial charge in [0.05, 0.1) is 11.0 Å². The van der Waals surface area contributed by atoms with E-state index >= 15 is 0 Å². The molecule has 1 aromatic heterocycles. The van der Waals surface area contributed by atoms with Gasteiger partial charge in [-0.25, -0.2) is 4.39 Å².